The molecule has 2 aliphatic rings. The van der Waals surface area contributed by atoms with Gasteiger partial charge in [-0.2, -0.15) is 0 Å². The van der Waals surface area contributed by atoms with Crippen LogP contribution in [0.4, 0.5) is 0 Å². The summed E-state index contributed by atoms with van der Waals surface area (Å²) in [6.45, 7) is 31.2. The minimum absolute atomic E-state index is 0.00399. The number of hydrogen-bond donors (Lipinski definition) is 5. The van der Waals surface area contributed by atoms with Gasteiger partial charge in [0, 0.05) is 61.8 Å². The normalized spacial score (nSPS) is 27.5. The number of likely N-dealkylation sites (tertiary alicyclic amines) is 1. The predicted molar refractivity (Wildman–Crippen MR) is 364 cm³/mol. The molecule has 2 aliphatic heterocycles. The van der Waals surface area contributed by atoms with Gasteiger partial charge >= 0.3 is 0 Å². The molecule has 0 aromatic carbocycles. The Morgan fingerprint density at radius 1 is 0.543 bits per heavy atom. The van der Waals surface area contributed by atoms with Crippen molar-refractivity contribution >= 4 is 65.0 Å². The highest BCUT2D eigenvalue weighted by molar-refractivity contribution is 6.00. The Balaban J connectivity index is 3.13. The number of allylic oxidation sites excluding steroid dienone is 2. The van der Waals surface area contributed by atoms with Gasteiger partial charge in [0.25, 0.3) is 5.91 Å². The summed E-state index contributed by atoms with van der Waals surface area (Å²) in [7, 11) is 9.91. The Kier molecular flexibility index (Phi) is 34.4. The molecule has 2 heterocycles. The molecule has 0 unspecified atom stereocenters. The number of rotatable bonds is 19. The molecule has 0 aromatic rings. The van der Waals surface area contributed by atoms with Crippen LogP contribution in [-0.2, 0) is 57.5 Å². The lowest BCUT2D eigenvalue weighted by atomic mass is 9.89. The first kappa shape index (κ1) is 83.9. The SMILES string of the molecule is C/C=C/C[C@@H](C)[C@@H](O)[C@H]1C(=O)N[C@@H](CC)C(=O)N(C)CC(=O)N(C)[C@@H](CC(C)C)C(=O)N[C@@H](C(C)C)C(=O)N(C)[C@@H](CC(C)C)C(=O)N[C@@H](C)C(=O)N[C@H](C)C(=O)N(C)[C@@H](CC(C)C)C(=O)N(C)[C@@H](CC(C)C)C(=O)N(C)[C@](OCCN2CCCCC2)(C(C)C)C(=O)N1C. The van der Waals surface area contributed by atoms with E-state index in [1.165, 1.54) is 87.7 Å². The number of aliphatic hydroxyl groups excluding tert-OH is 1. The van der Waals surface area contributed by atoms with E-state index < -0.39 is 155 Å². The van der Waals surface area contributed by atoms with E-state index in [1.807, 2.05) is 61.5 Å². The van der Waals surface area contributed by atoms with E-state index in [0.29, 0.717) is 6.54 Å². The van der Waals surface area contributed by atoms with Crippen LogP contribution in [0.3, 0.4) is 0 Å². The van der Waals surface area contributed by atoms with Crippen LogP contribution in [0.2, 0.25) is 0 Å². The van der Waals surface area contributed by atoms with Crippen molar-refractivity contribution in [3.05, 3.63) is 12.2 Å². The minimum Gasteiger partial charge on any atom is -0.390 e. The Morgan fingerprint density at radius 2 is 1.01 bits per heavy atom. The Bertz CT molecular complexity index is 2570. The standard InChI is InChI=1S/C69H124N12O13/c1-25-27-31-47(15)58(83)57-62(87)72-50(26-2)64(89)74(18)40-55(82)75(19)51(36-41(3)4)61(86)73-56(45(11)12)67(92)76(20)52(37-42(5)6)60(85)70-48(16)59(84)71-49(17)63(88)77(21)53(38-43(7)8)65(90)78(22)54(39-44(9)10)66(91)80(24)69(46(13)14,68(93)79(57)23)94-35-34-81-32-29-28-30-33-81/h25,27,41-54,56-58,83H,26,28-40H2,1-24H3,(H,70,85)(H,71,84)(H,72,87)(H,73,86)/b27-25+/t47-,48+,49-,50+,51+,52+,53+,54+,56+,57+,58-,69+/m1/s1. The van der Waals surface area contributed by atoms with Crippen molar-refractivity contribution in [1.29, 1.82) is 0 Å². The third kappa shape index (κ3) is 22.7. The maximum absolute atomic E-state index is 16.2. The molecule has 2 saturated heterocycles. The van der Waals surface area contributed by atoms with E-state index in [-0.39, 0.29) is 68.8 Å². The van der Waals surface area contributed by atoms with Crippen LogP contribution in [0.1, 0.15) is 175 Å². The van der Waals surface area contributed by atoms with Gasteiger partial charge in [-0.15, -0.1) is 0 Å². The largest absolute Gasteiger partial charge is 0.390 e. The molecule has 11 amide bonds. The number of piperidine rings is 1. The second kappa shape index (κ2) is 38.5. The van der Waals surface area contributed by atoms with Crippen molar-refractivity contribution in [2.45, 2.75) is 242 Å². The van der Waals surface area contributed by atoms with Gasteiger partial charge in [-0.05, 0) is 121 Å². The fourth-order valence-electron chi connectivity index (χ4n) is 12.4. The lowest BCUT2D eigenvalue weighted by molar-refractivity contribution is -0.209. The molecular formula is C69H124N12O13. The lowest BCUT2D eigenvalue weighted by Crippen LogP contribution is -2.70. The maximum atomic E-state index is 16.2. The fraction of sp³-hybridized carbons (Fsp3) is 0.812. The summed E-state index contributed by atoms with van der Waals surface area (Å²) in [5.41, 5.74) is -2.22. The molecule has 0 spiro atoms. The predicted octanol–water partition coefficient (Wildman–Crippen LogP) is 4.10. The van der Waals surface area contributed by atoms with Crippen LogP contribution in [0.25, 0.3) is 0 Å². The van der Waals surface area contributed by atoms with Gasteiger partial charge < -0.3 is 70.3 Å². The molecule has 12 atom stereocenters. The van der Waals surface area contributed by atoms with Crippen molar-refractivity contribution in [3.63, 3.8) is 0 Å². The number of aliphatic hydroxyl groups is 1. The first-order chi connectivity index (χ1) is 43.7. The molecule has 0 saturated carbocycles. The van der Waals surface area contributed by atoms with Gasteiger partial charge in [0.1, 0.15) is 54.4 Å². The van der Waals surface area contributed by atoms with Gasteiger partial charge in [-0.3, -0.25) is 52.7 Å². The van der Waals surface area contributed by atoms with E-state index in [4.69, 9.17) is 4.74 Å². The van der Waals surface area contributed by atoms with Crippen molar-refractivity contribution in [2.24, 2.45) is 41.4 Å². The van der Waals surface area contributed by atoms with Crippen molar-refractivity contribution in [1.82, 2.24) is 60.5 Å². The molecule has 2 fully saturated rings. The Hall–Kier alpha value is -6.21. The van der Waals surface area contributed by atoms with Crippen LogP contribution < -0.4 is 21.3 Å². The minimum atomic E-state index is -2.22. The third-order valence-corrected chi connectivity index (χ3v) is 18.5. The van der Waals surface area contributed by atoms with Gasteiger partial charge in [0.05, 0.1) is 19.3 Å². The van der Waals surface area contributed by atoms with Gasteiger partial charge in [0.2, 0.25) is 64.8 Å². The fourth-order valence-corrected chi connectivity index (χ4v) is 12.4. The first-order valence-electron chi connectivity index (χ1n) is 34.4. The molecule has 5 N–H and O–H groups in total. The van der Waals surface area contributed by atoms with Crippen LogP contribution in [0, 0.1) is 41.4 Å². The second-order valence-corrected chi connectivity index (χ2v) is 28.9. The number of likely N-dealkylation sites (N-methyl/N-ethyl adjacent to an activating group) is 7. The highest BCUT2D eigenvalue weighted by Crippen LogP contribution is 2.33. The van der Waals surface area contributed by atoms with E-state index in [0.717, 1.165) is 42.2 Å². The number of hydrogen-bond acceptors (Lipinski definition) is 14. The smallest absolute Gasteiger partial charge is 0.276 e. The number of carbonyl (C=O) groups excluding carboxylic acids is 11. The number of carbonyl (C=O) groups is 11. The highest BCUT2D eigenvalue weighted by Gasteiger charge is 2.55. The number of amides is 11. The quantitative estimate of drug-likeness (QED) is 0.114. The molecule has 25 heteroatoms. The lowest BCUT2D eigenvalue weighted by Gasteiger charge is -2.48. The van der Waals surface area contributed by atoms with Crippen LogP contribution in [-0.4, -0.2) is 258 Å². The molecule has 2 rings (SSSR count). The first-order valence-corrected chi connectivity index (χ1v) is 34.4. The molecule has 0 aliphatic carbocycles. The number of nitrogens with one attached hydrogen (secondary N) is 4. The summed E-state index contributed by atoms with van der Waals surface area (Å²) in [5, 5.41) is 23.6. The summed E-state index contributed by atoms with van der Waals surface area (Å²) in [4.78, 5) is 175. The van der Waals surface area contributed by atoms with Crippen LogP contribution in [0.15, 0.2) is 12.2 Å². The molecule has 0 bridgehead atoms. The third-order valence-electron chi connectivity index (χ3n) is 18.5. The van der Waals surface area contributed by atoms with E-state index in [2.05, 4.69) is 26.2 Å². The van der Waals surface area contributed by atoms with Crippen LogP contribution in [0.5, 0.6) is 0 Å². The number of nitrogens with zero attached hydrogens (tertiary/aromatic N) is 8. The zero-order valence-corrected chi connectivity index (χ0v) is 61.8. The van der Waals surface area contributed by atoms with Gasteiger partial charge in [-0.1, -0.05) is 116 Å². The monoisotopic (exact) mass is 1330 g/mol. The molecular weight excluding hydrogens is 1200 g/mol. The van der Waals surface area contributed by atoms with Crippen LogP contribution >= 0.6 is 0 Å². The average molecular weight is 1330 g/mol. The molecule has 0 radical (unpaired) electrons. The van der Waals surface area contributed by atoms with Crippen molar-refractivity contribution in [2.75, 3.05) is 82.1 Å². The van der Waals surface area contributed by atoms with Crippen molar-refractivity contribution < 1.29 is 62.6 Å². The van der Waals surface area contributed by atoms with E-state index in [1.54, 1.807) is 54.5 Å². The summed E-state index contributed by atoms with van der Waals surface area (Å²) < 4.78 is 6.90. The number of ether oxygens (including phenoxy) is 1. The molecule has 0 aromatic heterocycles. The zero-order valence-electron chi connectivity index (χ0n) is 61.8. The molecule has 538 valence electrons. The molecule has 25 nitrogen and oxygen atoms in total. The summed E-state index contributed by atoms with van der Waals surface area (Å²) in [6.07, 6.45) is 5.79. The summed E-state index contributed by atoms with van der Waals surface area (Å²) in [5.74, 6) is -10.5. The Morgan fingerprint density at radius 3 is 1.50 bits per heavy atom. The molecule has 94 heavy (non-hydrogen) atoms. The average Bonchev–Trinajstić information content (AvgIpc) is 0.758. The van der Waals surface area contributed by atoms with E-state index in [9.17, 15) is 38.7 Å². The topological polar surface area (TPSA) is 291 Å². The van der Waals surface area contributed by atoms with Gasteiger partial charge in [-0.25, -0.2) is 0 Å². The van der Waals surface area contributed by atoms with Gasteiger partial charge in [0.15, 0.2) is 0 Å². The van der Waals surface area contributed by atoms with Crippen molar-refractivity contribution in [3.8, 4) is 0 Å². The second-order valence-electron chi connectivity index (χ2n) is 28.9. The maximum Gasteiger partial charge on any atom is 0.276 e. The highest BCUT2D eigenvalue weighted by atomic mass is 16.5. The summed E-state index contributed by atoms with van der Waals surface area (Å²) in [6, 6.07) is -11.5. The van der Waals surface area contributed by atoms with E-state index >= 15 is 19.2 Å². The Labute approximate surface area is 563 Å². The summed E-state index contributed by atoms with van der Waals surface area (Å²) >= 11 is 0. The zero-order chi connectivity index (χ0) is 72.1.